The highest BCUT2D eigenvalue weighted by Crippen LogP contribution is 2.28. The molecule has 1 aliphatic heterocycles. The van der Waals surface area contributed by atoms with E-state index in [1.165, 1.54) is 16.3 Å². The molecule has 5 rings (SSSR count). The number of fused-ring (bicyclic) bond motifs is 1. The summed E-state index contributed by atoms with van der Waals surface area (Å²) in [5, 5.41) is 11.7. The monoisotopic (exact) mass is 410 g/mol. The summed E-state index contributed by atoms with van der Waals surface area (Å²) < 4.78 is 0. The molecule has 1 aliphatic rings. The Morgan fingerprint density at radius 3 is 2.29 bits per heavy atom. The fraction of sp³-hybridized carbons (Fsp3) is 0.240. The highest BCUT2D eigenvalue weighted by molar-refractivity contribution is 5.93. The van der Waals surface area contributed by atoms with Crippen molar-refractivity contribution in [3.8, 4) is 0 Å². The number of nitrogens with zero attached hydrogens (tertiary/aromatic N) is 5. The lowest BCUT2D eigenvalue weighted by atomic mass is 10.0. The molecule has 0 unspecified atom stereocenters. The fourth-order valence-corrected chi connectivity index (χ4v) is 4.24. The minimum Gasteiger partial charge on any atom is -0.397 e. The first-order valence-electron chi connectivity index (χ1n) is 10.8. The second kappa shape index (κ2) is 8.60. The summed E-state index contributed by atoms with van der Waals surface area (Å²) in [6, 6.07) is 22.9. The molecule has 0 spiro atoms. The molecule has 3 heterocycles. The minimum absolute atomic E-state index is 0.692. The Hall–Kier alpha value is -3.67. The van der Waals surface area contributed by atoms with Crippen LogP contribution in [-0.4, -0.2) is 41.4 Å². The number of anilines is 3. The van der Waals surface area contributed by atoms with Gasteiger partial charge in [0, 0.05) is 43.4 Å². The van der Waals surface area contributed by atoms with Gasteiger partial charge in [0.2, 0.25) is 0 Å². The molecule has 2 aromatic carbocycles. The summed E-state index contributed by atoms with van der Waals surface area (Å²) in [7, 11) is 0. The van der Waals surface area contributed by atoms with Gasteiger partial charge in [0.1, 0.15) is 5.82 Å². The van der Waals surface area contributed by atoms with Gasteiger partial charge >= 0.3 is 0 Å². The number of hydrogen-bond donors (Lipinski definition) is 1. The summed E-state index contributed by atoms with van der Waals surface area (Å²) in [5.74, 6) is 1.95. The Balaban J connectivity index is 1.41. The standard InChI is InChI=1S/C25H26N6/c26-20-11-12-24(27-18-20)30-13-6-14-31(16-15-30)25-22-10-5-4-9-21(22)23(28-29-25)17-19-7-2-1-3-8-19/h1-5,7-12,18H,6,13-17,26H2. The van der Waals surface area contributed by atoms with Gasteiger partial charge in [-0.3, -0.25) is 0 Å². The molecule has 4 aromatic rings. The molecule has 31 heavy (non-hydrogen) atoms. The van der Waals surface area contributed by atoms with Crippen LogP contribution in [0.15, 0.2) is 72.9 Å². The normalized spacial score (nSPS) is 14.6. The second-order valence-corrected chi connectivity index (χ2v) is 7.96. The van der Waals surface area contributed by atoms with E-state index in [4.69, 9.17) is 10.8 Å². The largest absolute Gasteiger partial charge is 0.397 e. The minimum atomic E-state index is 0.692. The highest BCUT2D eigenvalue weighted by atomic mass is 15.3. The van der Waals surface area contributed by atoms with Crippen LogP contribution >= 0.6 is 0 Å². The zero-order chi connectivity index (χ0) is 21.0. The molecule has 6 heteroatoms. The van der Waals surface area contributed by atoms with Crippen molar-refractivity contribution in [3.63, 3.8) is 0 Å². The van der Waals surface area contributed by atoms with Crippen molar-refractivity contribution in [2.24, 2.45) is 0 Å². The molecule has 0 aliphatic carbocycles. The van der Waals surface area contributed by atoms with Crippen LogP contribution in [0.1, 0.15) is 17.7 Å². The third-order valence-electron chi connectivity index (χ3n) is 5.85. The molecule has 2 N–H and O–H groups in total. The van der Waals surface area contributed by atoms with Gasteiger partial charge in [-0.2, -0.15) is 5.10 Å². The van der Waals surface area contributed by atoms with Gasteiger partial charge < -0.3 is 15.5 Å². The maximum Gasteiger partial charge on any atom is 0.159 e. The third-order valence-corrected chi connectivity index (χ3v) is 5.85. The van der Waals surface area contributed by atoms with E-state index in [1.807, 2.05) is 18.2 Å². The van der Waals surface area contributed by atoms with Crippen molar-refractivity contribution in [2.75, 3.05) is 41.7 Å². The molecule has 0 saturated carbocycles. The van der Waals surface area contributed by atoms with Crippen LogP contribution < -0.4 is 15.5 Å². The van der Waals surface area contributed by atoms with E-state index >= 15 is 0 Å². The summed E-state index contributed by atoms with van der Waals surface area (Å²) in [4.78, 5) is 9.18. The van der Waals surface area contributed by atoms with Crippen molar-refractivity contribution in [2.45, 2.75) is 12.8 Å². The highest BCUT2D eigenvalue weighted by Gasteiger charge is 2.20. The Bertz CT molecular complexity index is 1160. The van der Waals surface area contributed by atoms with Gasteiger partial charge in [-0.25, -0.2) is 4.98 Å². The van der Waals surface area contributed by atoms with E-state index < -0.39 is 0 Å². The lowest BCUT2D eigenvalue weighted by Gasteiger charge is -2.24. The van der Waals surface area contributed by atoms with Crippen molar-refractivity contribution in [3.05, 3.63) is 84.2 Å². The number of aromatic nitrogens is 3. The zero-order valence-corrected chi connectivity index (χ0v) is 17.5. The average molecular weight is 411 g/mol. The lowest BCUT2D eigenvalue weighted by molar-refractivity contribution is 0.786. The first-order chi connectivity index (χ1) is 15.3. The molecule has 0 bridgehead atoms. The molecule has 2 aromatic heterocycles. The topological polar surface area (TPSA) is 71.2 Å². The predicted octanol–water partition coefficient (Wildman–Crippen LogP) is 3.91. The molecular formula is C25H26N6. The lowest BCUT2D eigenvalue weighted by Crippen LogP contribution is -2.31. The third kappa shape index (κ3) is 4.14. The van der Waals surface area contributed by atoms with Crippen molar-refractivity contribution >= 4 is 28.1 Å². The van der Waals surface area contributed by atoms with E-state index in [2.05, 4.69) is 68.4 Å². The van der Waals surface area contributed by atoms with Crippen LogP contribution in [0, 0.1) is 0 Å². The van der Waals surface area contributed by atoms with Crippen LogP contribution in [0.25, 0.3) is 10.8 Å². The van der Waals surface area contributed by atoms with Crippen LogP contribution in [0.2, 0.25) is 0 Å². The Labute approximate surface area is 182 Å². The summed E-state index contributed by atoms with van der Waals surface area (Å²) >= 11 is 0. The van der Waals surface area contributed by atoms with Crippen molar-refractivity contribution < 1.29 is 0 Å². The Morgan fingerprint density at radius 1 is 0.742 bits per heavy atom. The number of pyridine rings is 1. The smallest absolute Gasteiger partial charge is 0.159 e. The van der Waals surface area contributed by atoms with E-state index in [-0.39, 0.29) is 0 Å². The summed E-state index contributed by atoms with van der Waals surface area (Å²) in [6.07, 6.45) is 3.54. The van der Waals surface area contributed by atoms with E-state index in [9.17, 15) is 0 Å². The SMILES string of the molecule is Nc1ccc(N2CCCN(c3nnc(Cc4ccccc4)c4ccccc34)CC2)nc1. The van der Waals surface area contributed by atoms with Gasteiger partial charge in [0.25, 0.3) is 0 Å². The molecule has 6 nitrogen and oxygen atoms in total. The first-order valence-corrected chi connectivity index (χ1v) is 10.8. The number of hydrogen-bond acceptors (Lipinski definition) is 6. The molecule has 156 valence electrons. The van der Waals surface area contributed by atoms with E-state index in [1.54, 1.807) is 6.20 Å². The Morgan fingerprint density at radius 2 is 1.48 bits per heavy atom. The van der Waals surface area contributed by atoms with Crippen LogP contribution in [0.5, 0.6) is 0 Å². The maximum atomic E-state index is 5.79. The molecule has 1 saturated heterocycles. The van der Waals surface area contributed by atoms with Crippen LogP contribution in [0.4, 0.5) is 17.3 Å². The van der Waals surface area contributed by atoms with E-state index in [0.717, 1.165) is 56.4 Å². The second-order valence-electron chi connectivity index (χ2n) is 7.96. The van der Waals surface area contributed by atoms with Crippen molar-refractivity contribution in [1.82, 2.24) is 15.2 Å². The average Bonchev–Trinajstić information content (AvgIpc) is 3.07. The number of nitrogen functional groups attached to an aromatic ring is 1. The Kier molecular flexibility index (Phi) is 5.35. The molecule has 1 fully saturated rings. The zero-order valence-electron chi connectivity index (χ0n) is 17.5. The molecule has 0 atom stereocenters. The first kappa shape index (κ1) is 19.3. The number of benzene rings is 2. The van der Waals surface area contributed by atoms with Gasteiger partial charge in [0.05, 0.1) is 17.6 Å². The van der Waals surface area contributed by atoms with Gasteiger partial charge in [0.15, 0.2) is 5.82 Å². The number of nitrogens with two attached hydrogens (primary N) is 1. The summed E-state index contributed by atoms with van der Waals surface area (Å²) in [5.41, 5.74) is 8.75. The predicted molar refractivity (Wildman–Crippen MR) is 126 cm³/mol. The van der Waals surface area contributed by atoms with Gasteiger partial charge in [-0.15, -0.1) is 5.10 Å². The van der Waals surface area contributed by atoms with Crippen LogP contribution in [0.3, 0.4) is 0 Å². The molecule has 0 amide bonds. The van der Waals surface area contributed by atoms with Gasteiger partial charge in [-0.05, 0) is 24.1 Å². The quantitative estimate of drug-likeness (QED) is 0.550. The van der Waals surface area contributed by atoms with Crippen LogP contribution in [-0.2, 0) is 6.42 Å². The molecule has 0 radical (unpaired) electrons. The van der Waals surface area contributed by atoms with Crippen molar-refractivity contribution in [1.29, 1.82) is 0 Å². The van der Waals surface area contributed by atoms with E-state index in [0.29, 0.717) is 5.69 Å². The van der Waals surface area contributed by atoms with Gasteiger partial charge in [-0.1, -0.05) is 54.6 Å². The number of rotatable bonds is 4. The summed E-state index contributed by atoms with van der Waals surface area (Å²) in [6.45, 7) is 3.68. The maximum absolute atomic E-state index is 5.79. The molecular weight excluding hydrogens is 384 g/mol. The fourth-order valence-electron chi connectivity index (χ4n) is 4.24.